The molecule has 1 heterocycles. The smallest absolute Gasteiger partial charge is 0.231 e. The molecular weight excluding hydrogens is 368 g/mol. The number of primary amides is 1. The zero-order valence-electron chi connectivity index (χ0n) is 14.5. The van der Waals surface area contributed by atoms with E-state index in [1.165, 1.54) is 17.3 Å². The summed E-state index contributed by atoms with van der Waals surface area (Å²) < 4.78 is 1.93. The number of nitrogens with zero attached hydrogens (tertiary/aromatic N) is 3. The molecule has 1 aromatic heterocycles. The zero-order valence-corrected chi connectivity index (χ0v) is 16.1. The molecule has 0 aliphatic heterocycles. The van der Waals surface area contributed by atoms with E-state index in [0.717, 1.165) is 11.3 Å². The van der Waals surface area contributed by atoms with Gasteiger partial charge in [-0.1, -0.05) is 60.1 Å². The highest BCUT2D eigenvalue weighted by Crippen LogP contribution is 2.31. The molecule has 0 aliphatic rings. The van der Waals surface area contributed by atoms with Crippen molar-refractivity contribution in [3.63, 3.8) is 0 Å². The van der Waals surface area contributed by atoms with Crippen LogP contribution >= 0.6 is 23.4 Å². The van der Waals surface area contributed by atoms with Crippen LogP contribution in [0.2, 0.25) is 5.02 Å². The van der Waals surface area contributed by atoms with Gasteiger partial charge in [-0.25, -0.2) is 0 Å². The predicted molar refractivity (Wildman–Crippen MR) is 106 cm³/mol. The molecule has 3 rings (SSSR count). The molecule has 0 saturated carbocycles. The van der Waals surface area contributed by atoms with Crippen LogP contribution in [0.15, 0.2) is 53.7 Å². The van der Waals surface area contributed by atoms with Gasteiger partial charge in [0.25, 0.3) is 0 Å². The van der Waals surface area contributed by atoms with E-state index in [2.05, 4.69) is 10.2 Å². The van der Waals surface area contributed by atoms with Crippen LogP contribution in [0.4, 0.5) is 0 Å². The fourth-order valence-electron chi connectivity index (χ4n) is 2.53. The predicted octanol–water partition coefficient (Wildman–Crippen LogP) is 4.25. The van der Waals surface area contributed by atoms with Crippen LogP contribution in [0, 0.1) is 6.92 Å². The van der Waals surface area contributed by atoms with E-state index in [9.17, 15) is 4.79 Å². The van der Waals surface area contributed by atoms with Gasteiger partial charge < -0.3 is 5.73 Å². The number of hydrogen-bond acceptors (Lipinski definition) is 4. The molecule has 1 amide bonds. The largest absolute Gasteiger partial charge is 0.369 e. The van der Waals surface area contributed by atoms with Crippen LogP contribution in [0.3, 0.4) is 0 Å². The van der Waals surface area contributed by atoms with E-state index in [0.29, 0.717) is 22.4 Å². The summed E-state index contributed by atoms with van der Waals surface area (Å²) in [5.41, 5.74) is 8.48. The van der Waals surface area contributed by atoms with E-state index in [4.69, 9.17) is 17.3 Å². The van der Waals surface area contributed by atoms with Crippen LogP contribution in [0.25, 0.3) is 17.1 Å². The summed E-state index contributed by atoms with van der Waals surface area (Å²) in [6, 6.07) is 15.5. The molecule has 1 unspecified atom stereocenters. The van der Waals surface area contributed by atoms with Crippen LogP contribution in [-0.2, 0) is 4.79 Å². The minimum atomic E-state index is -0.365. The van der Waals surface area contributed by atoms with Gasteiger partial charge in [0.05, 0.1) is 5.25 Å². The highest BCUT2D eigenvalue weighted by Gasteiger charge is 2.22. The molecule has 5 nitrogen and oxygen atoms in total. The average Bonchev–Trinajstić information content (AvgIpc) is 3.04. The number of carbonyl (C=O) groups excluding carboxylic acids is 1. The minimum absolute atomic E-state index is 0.361. The maximum Gasteiger partial charge on any atom is 0.231 e. The molecule has 26 heavy (non-hydrogen) atoms. The maximum atomic E-state index is 11.7. The Hall–Kier alpha value is -2.31. The maximum absolute atomic E-state index is 11.7. The van der Waals surface area contributed by atoms with Crippen molar-refractivity contribution >= 4 is 29.3 Å². The number of halogens is 1. The molecule has 2 N–H and O–H groups in total. The Morgan fingerprint density at radius 1 is 1.15 bits per heavy atom. The van der Waals surface area contributed by atoms with Crippen molar-refractivity contribution in [3.05, 3.63) is 59.1 Å². The number of amides is 1. The Balaban J connectivity index is 2.11. The first-order valence-corrected chi connectivity index (χ1v) is 9.49. The molecule has 0 fully saturated rings. The molecule has 0 spiro atoms. The highest BCUT2D eigenvalue weighted by molar-refractivity contribution is 8.00. The van der Waals surface area contributed by atoms with Gasteiger partial charge >= 0.3 is 0 Å². The number of hydrogen-bond donors (Lipinski definition) is 1. The summed E-state index contributed by atoms with van der Waals surface area (Å²) in [5, 5.41) is 9.59. The van der Waals surface area contributed by atoms with Crippen molar-refractivity contribution < 1.29 is 4.79 Å². The number of nitrogens with two attached hydrogens (primary N) is 1. The molecule has 0 saturated heterocycles. The standard InChI is InChI=1S/C19H19ClN4OS/c1-3-16(17(21)25)26-19-23-22-18(13-6-4-12(2)5-7-13)24(19)15-10-8-14(20)9-11-15/h4-11,16H,3H2,1-2H3,(H2,21,25). The van der Waals surface area contributed by atoms with Gasteiger partial charge in [0.2, 0.25) is 5.91 Å². The lowest BCUT2D eigenvalue weighted by Gasteiger charge is -2.13. The fourth-order valence-corrected chi connectivity index (χ4v) is 3.58. The zero-order chi connectivity index (χ0) is 18.7. The van der Waals surface area contributed by atoms with Gasteiger partial charge in [0.15, 0.2) is 11.0 Å². The normalized spacial score (nSPS) is 12.1. The molecule has 3 aromatic rings. The summed E-state index contributed by atoms with van der Waals surface area (Å²) in [4.78, 5) is 11.7. The Morgan fingerprint density at radius 2 is 1.81 bits per heavy atom. The Bertz CT molecular complexity index is 906. The lowest BCUT2D eigenvalue weighted by Crippen LogP contribution is -2.25. The Labute approximate surface area is 161 Å². The summed E-state index contributed by atoms with van der Waals surface area (Å²) in [6.45, 7) is 3.96. The molecule has 7 heteroatoms. The van der Waals surface area contributed by atoms with Crippen molar-refractivity contribution in [1.29, 1.82) is 0 Å². The monoisotopic (exact) mass is 386 g/mol. The third-order valence-corrected chi connectivity index (χ3v) is 5.54. The molecule has 134 valence electrons. The van der Waals surface area contributed by atoms with Gasteiger partial charge in [-0.2, -0.15) is 0 Å². The van der Waals surface area contributed by atoms with Gasteiger partial charge in [-0.3, -0.25) is 9.36 Å². The molecule has 1 atom stereocenters. The molecular formula is C19H19ClN4OS. The second-order valence-electron chi connectivity index (χ2n) is 5.90. The van der Waals surface area contributed by atoms with Crippen LogP contribution in [0.1, 0.15) is 18.9 Å². The number of thioether (sulfide) groups is 1. The number of aromatic nitrogens is 3. The van der Waals surface area contributed by atoms with Gasteiger partial charge in [-0.15, -0.1) is 10.2 Å². The lowest BCUT2D eigenvalue weighted by atomic mass is 10.1. The number of carbonyl (C=O) groups is 1. The third kappa shape index (κ3) is 3.92. The molecule has 0 radical (unpaired) electrons. The second-order valence-corrected chi connectivity index (χ2v) is 7.51. The first kappa shape index (κ1) is 18.5. The summed E-state index contributed by atoms with van der Waals surface area (Å²) >= 11 is 7.35. The molecule has 0 bridgehead atoms. The number of benzene rings is 2. The lowest BCUT2D eigenvalue weighted by molar-refractivity contribution is -0.117. The summed E-state index contributed by atoms with van der Waals surface area (Å²) in [6.07, 6.45) is 0.618. The van der Waals surface area contributed by atoms with Crippen LogP contribution < -0.4 is 5.73 Å². The Kier molecular flexibility index (Phi) is 5.64. The van der Waals surface area contributed by atoms with Crippen LogP contribution in [0.5, 0.6) is 0 Å². The van der Waals surface area contributed by atoms with Crippen molar-refractivity contribution in [2.24, 2.45) is 5.73 Å². The minimum Gasteiger partial charge on any atom is -0.369 e. The molecule has 0 aliphatic carbocycles. The SMILES string of the molecule is CCC(Sc1nnc(-c2ccc(C)cc2)n1-c1ccc(Cl)cc1)C(N)=O. The first-order valence-electron chi connectivity index (χ1n) is 8.24. The summed E-state index contributed by atoms with van der Waals surface area (Å²) in [7, 11) is 0. The van der Waals surface area contributed by atoms with Gasteiger partial charge in [0.1, 0.15) is 0 Å². The van der Waals surface area contributed by atoms with Crippen LogP contribution in [-0.4, -0.2) is 25.9 Å². The Morgan fingerprint density at radius 3 is 2.38 bits per heavy atom. The first-order chi connectivity index (χ1) is 12.5. The van der Waals surface area contributed by atoms with Crippen molar-refractivity contribution in [1.82, 2.24) is 14.8 Å². The summed E-state index contributed by atoms with van der Waals surface area (Å²) in [5.74, 6) is 0.342. The number of rotatable bonds is 6. The third-order valence-electron chi connectivity index (χ3n) is 3.96. The second kappa shape index (κ2) is 7.93. The van der Waals surface area contributed by atoms with Crippen molar-refractivity contribution in [3.8, 4) is 17.1 Å². The van der Waals surface area contributed by atoms with E-state index in [1.54, 1.807) is 0 Å². The average molecular weight is 387 g/mol. The van der Waals surface area contributed by atoms with Crippen molar-refractivity contribution in [2.45, 2.75) is 30.7 Å². The van der Waals surface area contributed by atoms with E-state index in [1.807, 2.05) is 66.9 Å². The van der Waals surface area contributed by atoms with E-state index in [-0.39, 0.29) is 11.2 Å². The van der Waals surface area contributed by atoms with Gasteiger partial charge in [0, 0.05) is 16.3 Å². The van der Waals surface area contributed by atoms with E-state index >= 15 is 0 Å². The quantitative estimate of drug-likeness (QED) is 0.642. The number of aryl methyl sites for hydroxylation is 1. The van der Waals surface area contributed by atoms with Gasteiger partial charge in [-0.05, 0) is 37.6 Å². The van der Waals surface area contributed by atoms with E-state index < -0.39 is 0 Å². The highest BCUT2D eigenvalue weighted by atomic mass is 35.5. The van der Waals surface area contributed by atoms with Crippen molar-refractivity contribution in [2.75, 3.05) is 0 Å². The fraction of sp³-hybridized carbons (Fsp3) is 0.211. The molecule has 2 aromatic carbocycles. The topological polar surface area (TPSA) is 73.8 Å².